The number of hydrogen-bond acceptors (Lipinski definition) is 6. The Morgan fingerprint density at radius 2 is 1.50 bits per heavy atom. The molecular formula is C3H10O6Ti. The average Bonchev–Trinajstić information content (AvgIpc) is 1.81. The maximum atomic E-state index is 8.30. The molecule has 0 atom stereocenters. The molecule has 0 aromatic heterocycles. The first-order chi connectivity index (χ1) is 4.49. The molecule has 0 aromatic carbocycles. The average molecular weight is 190 g/mol. The van der Waals surface area contributed by atoms with Crippen LogP contribution in [0.5, 0.6) is 0 Å². The van der Waals surface area contributed by atoms with Crippen molar-refractivity contribution in [2.75, 3.05) is 13.2 Å². The number of hydrogen-bond donors (Lipinski definition) is 5. The van der Waals surface area contributed by atoms with Gasteiger partial charge in [-0.2, -0.15) is 0 Å². The van der Waals surface area contributed by atoms with Gasteiger partial charge in [0.2, 0.25) is 0 Å². The molecule has 5 N–H and O–H groups in total. The van der Waals surface area contributed by atoms with E-state index in [-0.39, 0.29) is 0 Å². The third-order valence-corrected chi connectivity index (χ3v) is 1.75. The predicted molar refractivity (Wildman–Crippen MR) is 25.7 cm³/mol. The van der Waals surface area contributed by atoms with Crippen molar-refractivity contribution in [1.82, 2.24) is 0 Å². The number of aliphatic hydroxyl groups is 2. The van der Waals surface area contributed by atoms with Crippen LogP contribution >= 0.6 is 0 Å². The van der Waals surface area contributed by atoms with Crippen LogP contribution in [0.2, 0.25) is 0 Å². The van der Waals surface area contributed by atoms with Gasteiger partial charge in [0.1, 0.15) is 0 Å². The summed E-state index contributed by atoms with van der Waals surface area (Å²) in [6, 6.07) is 0. The number of rotatable bonds is 4. The number of aliphatic hydroxyl groups excluding tert-OH is 2. The van der Waals surface area contributed by atoms with Gasteiger partial charge in [-0.25, -0.2) is 0 Å². The first kappa shape index (κ1) is 10.5. The molecule has 6 nitrogen and oxygen atoms in total. The molecule has 0 radical (unpaired) electrons. The Hall–Kier alpha value is 0.474. The van der Waals surface area contributed by atoms with Gasteiger partial charge in [-0.3, -0.25) is 0 Å². The van der Waals surface area contributed by atoms with Gasteiger partial charge in [0.05, 0.1) is 0 Å². The summed E-state index contributed by atoms with van der Waals surface area (Å²) < 4.78 is 29.0. The van der Waals surface area contributed by atoms with Crippen molar-refractivity contribution in [2.45, 2.75) is 6.10 Å². The van der Waals surface area contributed by atoms with Gasteiger partial charge < -0.3 is 0 Å². The van der Waals surface area contributed by atoms with Crippen LogP contribution < -0.4 is 0 Å². The molecule has 0 spiro atoms. The van der Waals surface area contributed by atoms with E-state index < -0.39 is 37.5 Å². The Kier molecular flexibility index (Phi) is 4.58. The zero-order chi connectivity index (χ0) is 8.20. The third kappa shape index (κ3) is 5.27. The van der Waals surface area contributed by atoms with Crippen molar-refractivity contribution in [3.63, 3.8) is 0 Å². The summed E-state index contributed by atoms with van der Waals surface area (Å²) in [7, 11) is 0. The molecule has 0 unspecified atom stereocenters. The van der Waals surface area contributed by atoms with Crippen molar-refractivity contribution < 1.29 is 42.7 Å². The Balaban J connectivity index is 3.63. The van der Waals surface area contributed by atoms with E-state index >= 15 is 0 Å². The summed E-state index contributed by atoms with van der Waals surface area (Å²) in [5, 5.41) is 16.6. The quantitative estimate of drug-likeness (QED) is 0.305. The van der Waals surface area contributed by atoms with Crippen molar-refractivity contribution in [3.05, 3.63) is 0 Å². The van der Waals surface area contributed by atoms with Crippen molar-refractivity contribution >= 4 is 0 Å². The van der Waals surface area contributed by atoms with E-state index in [0.717, 1.165) is 0 Å². The van der Waals surface area contributed by atoms with Gasteiger partial charge in [0.25, 0.3) is 0 Å². The summed E-state index contributed by atoms with van der Waals surface area (Å²) in [4.78, 5) is 0. The van der Waals surface area contributed by atoms with Crippen molar-refractivity contribution in [1.29, 1.82) is 0 Å². The van der Waals surface area contributed by atoms with Crippen LogP contribution in [0.15, 0.2) is 0 Å². The topological polar surface area (TPSA) is 110 Å². The normalized spacial score (nSPS) is 12.6. The van der Waals surface area contributed by atoms with Gasteiger partial charge in [-0.1, -0.05) is 0 Å². The Bertz CT molecular complexity index is 85.5. The molecule has 0 aliphatic heterocycles. The van der Waals surface area contributed by atoms with Crippen LogP contribution in [0.4, 0.5) is 0 Å². The van der Waals surface area contributed by atoms with Crippen LogP contribution in [0.25, 0.3) is 0 Å². The Morgan fingerprint density at radius 3 is 1.60 bits per heavy atom. The molecule has 0 bridgehead atoms. The molecule has 0 rings (SSSR count). The zero-order valence-corrected chi connectivity index (χ0v) is 6.70. The summed E-state index contributed by atoms with van der Waals surface area (Å²) in [6.07, 6.45) is -1.11. The van der Waals surface area contributed by atoms with E-state index in [0.29, 0.717) is 0 Å². The molecule has 0 fully saturated rings. The molecule has 0 aromatic rings. The molecule has 10 heavy (non-hydrogen) atoms. The van der Waals surface area contributed by atoms with E-state index in [2.05, 4.69) is 3.32 Å². The van der Waals surface area contributed by atoms with Gasteiger partial charge in [-0.05, 0) is 0 Å². The fourth-order valence-electron chi connectivity index (χ4n) is 0.356. The molecule has 0 saturated carbocycles. The minimum atomic E-state index is -5.03. The summed E-state index contributed by atoms with van der Waals surface area (Å²) >= 11 is -5.03. The van der Waals surface area contributed by atoms with E-state index in [9.17, 15) is 0 Å². The van der Waals surface area contributed by atoms with Crippen LogP contribution in [-0.4, -0.2) is 40.6 Å². The summed E-state index contributed by atoms with van der Waals surface area (Å²) in [6.45, 7) is -1.13. The second-order valence-corrected chi connectivity index (χ2v) is 3.84. The monoisotopic (exact) mass is 190 g/mol. The summed E-state index contributed by atoms with van der Waals surface area (Å²) in [5.41, 5.74) is 0. The molecule has 0 amide bonds. The van der Waals surface area contributed by atoms with Crippen LogP contribution in [0.1, 0.15) is 0 Å². The second kappa shape index (κ2) is 4.37. The van der Waals surface area contributed by atoms with E-state index in [4.69, 9.17) is 21.3 Å². The fraction of sp³-hybridized carbons (Fsp3) is 1.00. The van der Waals surface area contributed by atoms with Crippen LogP contribution in [0, 0.1) is 0 Å². The molecule has 7 heteroatoms. The first-order valence-corrected chi connectivity index (χ1v) is 5.29. The minimum absolute atomic E-state index is 0.564. The van der Waals surface area contributed by atoms with Crippen molar-refractivity contribution in [2.24, 2.45) is 0 Å². The molecule has 0 aliphatic rings. The van der Waals surface area contributed by atoms with Gasteiger partial charge in [0, 0.05) is 0 Å². The SMILES string of the molecule is OCC(CO)[O][Ti]([OH])([OH])[OH]. The Morgan fingerprint density at radius 1 is 1.10 bits per heavy atom. The van der Waals surface area contributed by atoms with Crippen LogP contribution in [-0.2, 0) is 21.5 Å². The second-order valence-electron chi connectivity index (χ2n) is 1.68. The predicted octanol–water partition coefficient (Wildman–Crippen LogP) is -2.85. The van der Waals surface area contributed by atoms with E-state index in [1.807, 2.05) is 0 Å². The third-order valence-electron chi connectivity index (χ3n) is 0.732. The molecule has 62 valence electrons. The van der Waals surface area contributed by atoms with Gasteiger partial charge in [0.15, 0.2) is 0 Å². The van der Waals surface area contributed by atoms with Gasteiger partial charge in [-0.15, -0.1) is 0 Å². The fourth-order valence-corrected chi connectivity index (χ4v) is 1.29. The van der Waals surface area contributed by atoms with Crippen molar-refractivity contribution in [3.8, 4) is 0 Å². The summed E-state index contributed by atoms with van der Waals surface area (Å²) in [5.74, 6) is 0. The molecule has 0 aliphatic carbocycles. The standard InChI is InChI=1S/C3H7O3.3H2O.Ti/c4-1-3(6)2-5;;;;/h3-5H,1-2H2;3*1H2;/q-1;;;;+4/p-3. The maximum absolute atomic E-state index is 8.30. The zero-order valence-electron chi connectivity index (χ0n) is 5.14. The molecule has 0 heterocycles. The van der Waals surface area contributed by atoms with Gasteiger partial charge >= 0.3 is 62.1 Å². The molecule has 0 saturated heterocycles. The first-order valence-electron chi connectivity index (χ1n) is 2.56. The molecular weight excluding hydrogens is 180 g/mol. The Labute approximate surface area is 62.6 Å². The van der Waals surface area contributed by atoms with E-state index in [1.165, 1.54) is 0 Å². The van der Waals surface area contributed by atoms with E-state index in [1.54, 1.807) is 0 Å². The van der Waals surface area contributed by atoms with Crippen LogP contribution in [0.3, 0.4) is 0 Å².